The van der Waals surface area contributed by atoms with E-state index in [1.807, 2.05) is 25.1 Å². The summed E-state index contributed by atoms with van der Waals surface area (Å²) < 4.78 is 5.69. The van der Waals surface area contributed by atoms with E-state index in [-0.39, 0.29) is 12.5 Å². The zero-order valence-corrected chi connectivity index (χ0v) is 12.6. The molecular weight excluding hydrogens is 278 g/mol. The molecule has 0 bridgehead atoms. The van der Waals surface area contributed by atoms with Crippen molar-refractivity contribution in [3.63, 3.8) is 0 Å². The first-order chi connectivity index (χ1) is 10.7. The highest BCUT2D eigenvalue weighted by Gasteiger charge is 2.16. The van der Waals surface area contributed by atoms with E-state index in [2.05, 4.69) is 15.3 Å². The van der Waals surface area contributed by atoms with E-state index < -0.39 is 0 Å². The molecule has 1 aliphatic carbocycles. The van der Waals surface area contributed by atoms with E-state index in [1.54, 1.807) is 12.3 Å². The molecule has 3 rings (SSSR count). The Morgan fingerprint density at radius 2 is 2.14 bits per heavy atom. The molecule has 5 heteroatoms. The van der Waals surface area contributed by atoms with Gasteiger partial charge in [-0.1, -0.05) is 6.07 Å². The second-order valence-corrected chi connectivity index (χ2v) is 5.44. The lowest BCUT2D eigenvalue weighted by Crippen LogP contribution is -2.21. The van der Waals surface area contributed by atoms with Crippen molar-refractivity contribution in [2.75, 3.05) is 11.9 Å². The van der Waals surface area contributed by atoms with Gasteiger partial charge in [0, 0.05) is 23.1 Å². The largest absolute Gasteiger partial charge is 0.483 e. The maximum absolute atomic E-state index is 12.0. The number of amides is 1. The number of ether oxygens (including phenoxy) is 1. The van der Waals surface area contributed by atoms with E-state index in [0.29, 0.717) is 5.82 Å². The average Bonchev–Trinajstić information content (AvgIpc) is 2.53. The van der Waals surface area contributed by atoms with Crippen LogP contribution in [0.5, 0.6) is 5.75 Å². The van der Waals surface area contributed by atoms with Crippen LogP contribution in [0.4, 0.5) is 5.82 Å². The minimum atomic E-state index is -0.209. The summed E-state index contributed by atoms with van der Waals surface area (Å²) in [5.41, 5.74) is 3.11. The number of aromatic nitrogens is 2. The van der Waals surface area contributed by atoms with Gasteiger partial charge in [-0.05, 0) is 50.8 Å². The van der Waals surface area contributed by atoms with Crippen LogP contribution in [0.2, 0.25) is 0 Å². The first kappa shape index (κ1) is 14.5. The molecule has 2 aromatic heterocycles. The van der Waals surface area contributed by atoms with Crippen molar-refractivity contribution < 1.29 is 9.53 Å². The summed E-state index contributed by atoms with van der Waals surface area (Å²) in [6.45, 7) is 1.86. The highest BCUT2D eigenvalue weighted by Crippen LogP contribution is 2.27. The highest BCUT2D eigenvalue weighted by molar-refractivity contribution is 5.90. The normalized spacial score (nSPS) is 13.3. The van der Waals surface area contributed by atoms with Crippen molar-refractivity contribution in [1.82, 2.24) is 9.97 Å². The Morgan fingerprint density at radius 1 is 1.27 bits per heavy atom. The van der Waals surface area contributed by atoms with Crippen LogP contribution in [0.15, 0.2) is 30.5 Å². The van der Waals surface area contributed by atoms with E-state index in [4.69, 9.17) is 4.74 Å². The van der Waals surface area contributed by atoms with Gasteiger partial charge in [0.25, 0.3) is 5.91 Å². The summed E-state index contributed by atoms with van der Waals surface area (Å²) in [4.78, 5) is 20.6. The third kappa shape index (κ3) is 3.42. The molecule has 22 heavy (non-hydrogen) atoms. The van der Waals surface area contributed by atoms with Crippen molar-refractivity contribution in [3.8, 4) is 5.75 Å². The molecule has 0 aromatic carbocycles. The Balaban J connectivity index is 1.62. The van der Waals surface area contributed by atoms with Gasteiger partial charge in [-0.25, -0.2) is 4.98 Å². The van der Waals surface area contributed by atoms with Gasteiger partial charge in [-0.3, -0.25) is 9.78 Å². The molecule has 1 aliphatic rings. The third-order valence-electron chi connectivity index (χ3n) is 3.71. The average molecular weight is 297 g/mol. The van der Waals surface area contributed by atoms with E-state index in [0.717, 1.165) is 42.0 Å². The smallest absolute Gasteiger partial charge is 0.263 e. The Labute approximate surface area is 129 Å². The second-order valence-electron chi connectivity index (χ2n) is 5.44. The first-order valence-electron chi connectivity index (χ1n) is 7.55. The molecule has 0 spiro atoms. The number of anilines is 1. The Hall–Kier alpha value is -2.43. The van der Waals surface area contributed by atoms with Crippen molar-refractivity contribution in [3.05, 3.63) is 47.4 Å². The first-order valence-corrected chi connectivity index (χ1v) is 7.55. The molecule has 5 nitrogen and oxygen atoms in total. The van der Waals surface area contributed by atoms with Crippen LogP contribution in [0.25, 0.3) is 0 Å². The predicted octanol–water partition coefficient (Wildman–Crippen LogP) is 2.68. The molecule has 0 aliphatic heterocycles. The van der Waals surface area contributed by atoms with Crippen LogP contribution < -0.4 is 10.1 Å². The molecule has 1 amide bonds. The van der Waals surface area contributed by atoms with E-state index in [9.17, 15) is 4.79 Å². The summed E-state index contributed by atoms with van der Waals surface area (Å²) in [6.07, 6.45) is 6.03. The zero-order valence-electron chi connectivity index (χ0n) is 12.6. The van der Waals surface area contributed by atoms with Crippen LogP contribution in [-0.2, 0) is 17.6 Å². The number of rotatable bonds is 4. The Morgan fingerprint density at radius 3 is 3.00 bits per heavy atom. The van der Waals surface area contributed by atoms with Crippen molar-refractivity contribution >= 4 is 11.7 Å². The van der Waals surface area contributed by atoms with Gasteiger partial charge in [-0.15, -0.1) is 0 Å². The van der Waals surface area contributed by atoms with Gasteiger partial charge in [0.15, 0.2) is 6.61 Å². The van der Waals surface area contributed by atoms with Crippen LogP contribution >= 0.6 is 0 Å². The van der Waals surface area contributed by atoms with Crippen LogP contribution in [0.3, 0.4) is 0 Å². The fourth-order valence-corrected chi connectivity index (χ4v) is 2.66. The van der Waals surface area contributed by atoms with Crippen molar-refractivity contribution in [1.29, 1.82) is 0 Å². The lowest BCUT2D eigenvalue weighted by Gasteiger charge is -2.18. The number of nitrogens with one attached hydrogen (secondary N) is 1. The minimum Gasteiger partial charge on any atom is -0.483 e. The van der Waals surface area contributed by atoms with E-state index >= 15 is 0 Å². The maximum Gasteiger partial charge on any atom is 0.263 e. The molecule has 2 aromatic rings. The lowest BCUT2D eigenvalue weighted by atomic mass is 9.95. The molecule has 0 saturated carbocycles. The summed E-state index contributed by atoms with van der Waals surface area (Å²) in [5, 5.41) is 2.74. The summed E-state index contributed by atoms with van der Waals surface area (Å²) in [7, 11) is 0. The van der Waals surface area contributed by atoms with Gasteiger partial charge in [0.05, 0.1) is 0 Å². The number of carbonyl (C=O) groups excluding carboxylic acids is 1. The number of hydrogen-bond donors (Lipinski definition) is 1. The molecule has 0 fully saturated rings. The van der Waals surface area contributed by atoms with Crippen molar-refractivity contribution in [2.45, 2.75) is 32.6 Å². The second kappa shape index (κ2) is 6.56. The van der Waals surface area contributed by atoms with Gasteiger partial charge < -0.3 is 10.1 Å². The number of hydrogen-bond acceptors (Lipinski definition) is 4. The summed E-state index contributed by atoms with van der Waals surface area (Å²) >= 11 is 0. The highest BCUT2D eigenvalue weighted by atomic mass is 16.5. The predicted molar refractivity (Wildman–Crippen MR) is 84.0 cm³/mol. The quantitative estimate of drug-likeness (QED) is 0.942. The monoisotopic (exact) mass is 297 g/mol. The standard InChI is InChI=1S/C17H19N3O2/c1-12-5-4-8-16(19-12)20-17(21)11-22-15-9-10-18-14-7-3-2-6-13(14)15/h4-5,8-10H,2-3,6-7,11H2,1H3,(H,19,20,21). The minimum absolute atomic E-state index is 0.0218. The van der Waals surface area contributed by atoms with Gasteiger partial charge in [0.2, 0.25) is 0 Å². The molecule has 1 N–H and O–H groups in total. The topological polar surface area (TPSA) is 64.1 Å². The lowest BCUT2D eigenvalue weighted by molar-refractivity contribution is -0.118. The van der Waals surface area contributed by atoms with Crippen LogP contribution in [-0.4, -0.2) is 22.5 Å². The van der Waals surface area contributed by atoms with Gasteiger partial charge in [0.1, 0.15) is 11.6 Å². The van der Waals surface area contributed by atoms with Gasteiger partial charge in [-0.2, -0.15) is 0 Å². The van der Waals surface area contributed by atoms with Crippen LogP contribution in [0.1, 0.15) is 29.8 Å². The number of pyridine rings is 2. The molecule has 0 radical (unpaired) electrons. The summed E-state index contributed by atoms with van der Waals surface area (Å²) in [5.74, 6) is 1.11. The Kier molecular flexibility index (Phi) is 4.32. The number of carbonyl (C=O) groups is 1. The molecule has 0 atom stereocenters. The third-order valence-corrected chi connectivity index (χ3v) is 3.71. The zero-order chi connectivity index (χ0) is 15.4. The fraction of sp³-hybridized carbons (Fsp3) is 0.353. The molecule has 0 saturated heterocycles. The Bertz CT molecular complexity index is 685. The maximum atomic E-state index is 12.0. The van der Waals surface area contributed by atoms with Crippen molar-refractivity contribution in [2.24, 2.45) is 0 Å². The molecule has 2 heterocycles. The number of fused-ring (bicyclic) bond motifs is 1. The van der Waals surface area contributed by atoms with E-state index in [1.165, 1.54) is 6.42 Å². The number of aryl methyl sites for hydroxylation is 2. The fourth-order valence-electron chi connectivity index (χ4n) is 2.66. The molecule has 0 unspecified atom stereocenters. The SMILES string of the molecule is Cc1cccc(NC(=O)COc2ccnc3c2CCCC3)n1. The molecule has 114 valence electrons. The summed E-state index contributed by atoms with van der Waals surface area (Å²) in [6, 6.07) is 7.34. The van der Waals surface area contributed by atoms with Crippen LogP contribution in [0, 0.1) is 6.92 Å². The van der Waals surface area contributed by atoms with Gasteiger partial charge >= 0.3 is 0 Å². The molecular formula is C17H19N3O2. The number of nitrogens with zero attached hydrogens (tertiary/aromatic N) is 2.